The van der Waals surface area contributed by atoms with Gasteiger partial charge in [0.1, 0.15) is 0 Å². The monoisotopic (exact) mass is 512 g/mol. The predicted octanol–water partition coefficient (Wildman–Crippen LogP) is 3.83. The van der Waals surface area contributed by atoms with Crippen LogP contribution in [-0.4, -0.2) is 38.0 Å². The van der Waals surface area contributed by atoms with Gasteiger partial charge in [-0.05, 0) is 49.3 Å². The van der Waals surface area contributed by atoms with Crippen molar-refractivity contribution in [2.24, 2.45) is 4.99 Å². The van der Waals surface area contributed by atoms with Crippen LogP contribution in [0.25, 0.3) is 0 Å². The minimum Gasteiger partial charge on any atom is -0.357 e. The smallest absolute Gasteiger partial charge is 0.227 e. The summed E-state index contributed by atoms with van der Waals surface area (Å²) in [6, 6.07) is 12.4. The van der Waals surface area contributed by atoms with Gasteiger partial charge in [0.05, 0.1) is 0 Å². The lowest BCUT2D eigenvalue weighted by Gasteiger charge is -2.17. The Morgan fingerprint density at radius 2 is 2.07 bits per heavy atom. The van der Waals surface area contributed by atoms with Crippen LogP contribution in [0, 0.1) is 0 Å². The number of guanidine groups is 1. The summed E-state index contributed by atoms with van der Waals surface area (Å²) in [5.41, 5.74) is 2.35. The molecule has 0 bridgehead atoms. The van der Waals surface area contributed by atoms with Crippen molar-refractivity contribution in [2.45, 2.75) is 32.6 Å². The zero-order chi connectivity index (χ0) is 18.9. The zero-order valence-corrected chi connectivity index (χ0v) is 19.5. The van der Waals surface area contributed by atoms with Crippen molar-refractivity contribution in [3.05, 3.63) is 52.2 Å². The van der Waals surface area contributed by atoms with Gasteiger partial charge in [0.15, 0.2) is 5.96 Å². The molecule has 0 radical (unpaired) electrons. The molecule has 2 heterocycles. The number of nitrogens with zero attached hydrogens (tertiary/aromatic N) is 2. The molecule has 0 spiro atoms. The molecule has 0 aliphatic carbocycles. The number of aliphatic imine (C=N–C) groups is 1. The Labute approximate surface area is 188 Å². The Morgan fingerprint density at radius 3 is 2.86 bits per heavy atom. The van der Waals surface area contributed by atoms with Crippen molar-refractivity contribution in [1.29, 1.82) is 0 Å². The number of para-hydroxylation sites is 1. The minimum atomic E-state index is 0. The van der Waals surface area contributed by atoms with Gasteiger partial charge in [-0.3, -0.25) is 9.79 Å². The molecule has 0 fully saturated rings. The van der Waals surface area contributed by atoms with Gasteiger partial charge in [-0.1, -0.05) is 24.3 Å². The van der Waals surface area contributed by atoms with Crippen molar-refractivity contribution in [1.82, 2.24) is 10.6 Å². The number of rotatable bonds is 8. The topological polar surface area (TPSA) is 56.7 Å². The van der Waals surface area contributed by atoms with Crippen LogP contribution in [0.5, 0.6) is 0 Å². The minimum absolute atomic E-state index is 0. The third-order valence-corrected chi connectivity index (χ3v) is 5.53. The number of hydrogen-bond acceptors (Lipinski definition) is 3. The summed E-state index contributed by atoms with van der Waals surface area (Å²) >= 11 is 1.78. The van der Waals surface area contributed by atoms with Crippen LogP contribution in [0.3, 0.4) is 0 Å². The summed E-state index contributed by atoms with van der Waals surface area (Å²) in [6.07, 6.45) is 3.25. The molecule has 0 unspecified atom stereocenters. The Bertz CT molecular complexity index is 764. The van der Waals surface area contributed by atoms with Crippen LogP contribution >= 0.6 is 35.3 Å². The third kappa shape index (κ3) is 6.48. The third-order valence-electron chi connectivity index (χ3n) is 4.60. The molecular weight excluding hydrogens is 483 g/mol. The maximum Gasteiger partial charge on any atom is 0.227 e. The van der Waals surface area contributed by atoms with Gasteiger partial charge < -0.3 is 15.5 Å². The highest BCUT2D eigenvalue weighted by Crippen LogP contribution is 2.27. The van der Waals surface area contributed by atoms with Gasteiger partial charge in [0.25, 0.3) is 0 Å². The maximum absolute atomic E-state index is 12.5. The molecule has 1 aliphatic heterocycles. The van der Waals surface area contributed by atoms with E-state index in [1.54, 1.807) is 11.3 Å². The Morgan fingerprint density at radius 1 is 1.21 bits per heavy atom. The van der Waals surface area contributed by atoms with Crippen LogP contribution in [0.4, 0.5) is 5.69 Å². The summed E-state index contributed by atoms with van der Waals surface area (Å²) in [5.74, 6) is 1.03. The van der Waals surface area contributed by atoms with Crippen LogP contribution in [0.1, 0.15) is 30.2 Å². The molecule has 7 heteroatoms. The Balaban J connectivity index is 0.00000280. The van der Waals surface area contributed by atoms with Gasteiger partial charge in [-0.2, -0.15) is 0 Å². The standard InChI is InChI=1S/C21H28N4OS.HI/c1-2-22-21(24-14-11-18-8-6-16-27-18)23-13-5-10-20(26)25-15-12-17-7-3-4-9-19(17)25;/h3-4,6-9,16H,2,5,10-15H2,1H3,(H2,22,23,24);1H. The van der Waals surface area contributed by atoms with Crippen molar-refractivity contribution in [3.63, 3.8) is 0 Å². The number of carbonyl (C=O) groups excluding carboxylic acids is 1. The first-order chi connectivity index (χ1) is 13.3. The molecule has 1 amide bonds. The lowest BCUT2D eigenvalue weighted by molar-refractivity contribution is -0.118. The molecule has 5 nitrogen and oxygen atoms in total. The normalized spacial score (nSPS) is 13.0. The maximum atomic E-state index is 12.5. The van der Waals surface area contributed by atoms with Gasteiger partial charge in [-0.25, -0.2) is 0 Å². The van der Waals surface area contributed by atoms with Gasteiger partial charge in [-0.15, -0.1) is 35.3 Å². The molecule has 2 aromatic rings. The number of carbonyl (C=O) groups is 1. The Hall–Kier alpha value is -1.61. The number of fused-ring (bicyclic) bond motifs is 1. The average molecular weight is 512 g/mol. The second-order valence-electron chi connectivity index (χ2n) is 6.54. The van der Waals surface area contributed by atoms with Crippen LogP contribution < -0.4 is 15.5 Å². The first-order valence-electron chi connectivity index (χ1n) is 9.70. The van der Waals surface area contributed by atoms with E-state index in [0.717, 1.165) is 50.5 Å². The number of hydrogen-bond donors (Lipinski definition) is 2. The molecule has 1 aromatic carbocycles. The summed E-state index contributed by atoms with van der Waals surface area (Å²) in [4.78, 5) is 20.4. The van der Waals surface area contributed by atoms with Crippen LogP contribution in [0.15, 0.2) is 46.8 Å². The van der Waals surface area contributed by atoms with Crippen molar-refractivity contribution in [2.75, 3.05) is 31.1 Å². The van der Waals surface area contributed by atoms with Crippen LogP contribution in [0.2, 0.25) is 0 Å². The van der Waals surface area contributed by atoms with E-state index in [1.807, 2.05) is 23.1 Å². The van der Waals surface area contributed by atoms with E-state index < -0.39 is 0 Å². The number of amides is 1. The second-order valence-corrected chi connectivity index (χ2v) is 7.58. The first kappa shape index (κ1) is 22.7. The molecule has 0 saturated heterocycles. The van der Waals surface area contributed by atoms with E-state index in [-0.39, 0.29) is 29.9 Å². The fourth-order valence-electron chi connectivity index (χ4n) is 3.25. The highest BCUT2D eigenvalue weighted by molar-refractivity contribution is 14.0. The highest BCUT2D eigenvalue weighted by Gasteiger charge is 2.23. The average Bonchev–Trinajstić information content (AvgIpc) is 3.34. The molecule has 28 heavy (non-hydrogen) atoms. The fraction of sp³-hybridized carbons (Fsp3) is 0.429. The van der Waals surface area contributed by atoms with Gasteiger partial charge >= 0.3 is 0 Å². The summed E-state index contributed by atoms with van der Waals surface area (Å²) < 4.78 is 0. The van der Waals surface area contributed by atoms with E-state index in [2.05, 4.69) is 46.1 Å². The SMILES string of the molecule is CCNC(=NCCCC(=O)N1CCc2ccccc21)NCCc1cccs1.I. The molecule has 152 valence electrons. The fourth-order valence-corrected chi connectivity index (χ4v) is 3.96. The lowest BCUT2D eigenvalue weighted by Crippen LogP contribution is -2.38. The number of halogens is 1. The molecule has 1 aromatic heterocycles. The number of benzene rings is 1. The van der Waals surface area contributed by atoms with Gasteiger partial charge in [0, 0.05) is 43.2 Å². The summed E-state index contributed by atoms with van der Waals surface area (Å²) in [5, 5.41) is 8.73. The largest absolute Gasteiger partial charge is 0.357 e. The van der Waals surface area contributed by atoms with E-state index in [0.29, 0.717) is 13.0 Å². The molecule has 0 saturated carbocycles. The first-order valence-corrected chi connectivity index (χ1v) is 10.6. The number of anilines is 1. The van der Waals surface area contributed by atoms with Crippen LogP contribution in [-0.2, 0) is 17.6 Å². The Kier molecular flexibility index (Phi) is 9.77. The van der Waals surface area contributed by atoms with Crippen molar-refractivity contribution in [3.8, 4) is 0 Å². The molecule has 0 atom stereocenters. The number of thiophene rings is 1. The quantitative estimate of drug-likeness (QED) is 0.245. The van der Waals surface area contributed by atoms with E-state index in [4.69, 9.17) is 0 Å². The van der Waals surface area contributed by atoms with E-state index >= 15 is 0 Å². The molecule has 2 N–H and O–H groups in total. The van der Waals surface area contributed by atoms with Crippen molar-refractivity contribution < 1.29 is 4.79 Å². The molecule has 3 rings (SSSR count). The zero-order valence-electron chi connectivity index (χ0n) is 16.3. The molecular formula is C21H29IN4OS. The second kappa shape index (κ2) is 12.1. The predicted molar refractivity (Wildman–Crippen MR) is 129 cm³/mol. The summed E-state index contributed by atoms with van der Waals surface area (Å²) in [6.45, 7) is 5.19. The van der Waals surface area contributed by atoms with Gasteiger partial charge in [0.2, 0.25) is 5.91 Å². The molecule has 1 aliphatic rings. The van der Waals surface area contributed by atoms with E-state index in [1.165, 1.54) is 10.4 Å². The summed E-state index contributed by atoms with van der Waals surface area (Å²) in [7, 11) is 0. The van der Waals surface area contributed by atoms with E-state index in [9.17, 15) is 4.79 Å². The lowest BCUT2D eigenvalue weighted by atomic mass is 10.2. The van der Waals surface area contributed by atoms with Crippen molar-refractivity contribution >= 4 is 52.9 Å². The highest BCUT2D eigenvalue weighted by atomic mass is 127. The number of nitrogens with one attached hydrogen (secondary N) is 2.